The van der Waals surface area contributed by atoms with E-state index in [4.69, 9.17) is 16.7 Å². The fraction of sp³-hybridized carbons (Fsp3) is 0.222. The Morgan fingerprint density at radius 2 is 2.21 bits per heavy atom. The lowest BCUT2D eigenvalue weighted by Gasteiger charge is -2.06. The minimum atomic E-state index is -1.10. The predicted octanol–water partition coefficient (Wildman–Crippen LogP) is 3.00. The monoisotopic (exact) mass is 280 g/mol. The van der Waals surface area contributed by atoms with Crippen LogP contribution in [0.2, 0.25) is 5.02 Å². The van der Waals surface area contributed by atoms with Gasteiger partial charge in [0, 0.05) is 15.9 Å². The molecule has 1 aromatic rings. The van der Waals surface area contributed by atoms with Crippen LogP contribution in [0.25, 0.3) is 0 Å². The summed E-state index contributed by atoms with van der Waals surface area (Å²) in [5, 5.41) is 9.03. The number of carboxylic acid groups (broad SMARTS) is 1. The molecule has 1 N–H and O–H groups in total. The van der Waals surface area contributed by atoms with Crippen molar-refractivity contribution in [2.45, 2.75) is 11.8 Å². The average Bonchev–Trinajstić information content (AvgIpc) is 2.12. The summed E-state index contributed by atoms with van der Waals surface area (Å²) >= 11 is 8.79. The summed E-state index contributed by atoms with van der Waals surface area (Å²) in [7, 11) is 0. The van der Waals surface area contributed by atoms with E-state index in [2.05, 4.69) is 15.9 Å². The SMILES string of the molecule is O=C(O)Cc1c(Cl)ccc(CBr)c1F. The summed E-state index contributed by atoms with van der Waals surface area (Å²) in [6.45, 7) is 0. The van der Waals surface area contributed by atoms with Gasteiger partial charge in [-0.3, -0.25) is 4.79 Å². The van der Waals surface area contributed by atoms with E-state index in [1.54, 1.807) is 0 Å². The van der Waals surface area contributed by atoms with Gasteiger partial charge in [-0.15, -0.1) is 0 Å². The van der Waals surface area contributed by atoms with Crippen molar-refractivity contribution in [3.05, 3.63) is 34.1 Å². The van der Waals surface area contributed by atoms with Crippen molar-refractivity contribution in [2.24, 2.45) is 0 Å². The van der Waals surface area contributed by atoms with Crippen molar-refractivity contribution < 1.29 is 14.3 Å². The van der Waals surface area contributed by atoms with Crippen LogP contribution in [0.4, 0.5) is 4.39 Å². The van der Waals surface area contributed by atoms with Crippen molar-refractivity contribution >= 4 is 33.5 Å². The van der Waals surface area contributed by atoms with Gasteiger partial charge in [0.2, 0.25) is 0 Å². The molecular formula is C9H7BrClFO2. The molecule has 0 radical (unpaired) electrons. The highest BCUT2D eigenvalue weighted by atomic mass is 79.9. The second-order valence-electron chi connectivity index (χ2n) is 2.70. The molecule has 0 atom stereocenters. The Morgan fingerprint density at radius 1 is 1.57 bits per heavy atom. The van der Waals surface area contributed by atoms with E-state index in [0.717, 1.165) is 0 Å². The third-order valence-corrected chi connectivity index (χ3v) is 2.70. The smallest absolute Gasteiger partial charge is 0.307 e. The van der Waals surface area contributed by atoms with Gasteiger partial charge in [-0.05, 0) is 11.6 Å². The molecular weight excluding hydrogens is 274 g/mol. The molecule has 76 valence electrons. The molecule has 0 bridgehead atoms. The number of aliphatic carboxylic acids is 1. The second-order valence-corrected chi connectivity index (χ2v) is 3.67. The highest BCUT2D eigenvalue weighted by molar-refractivity contribution is 9.08. The number of hydrogen-bond donors (Lipinski definition) is 1. The van der Waals surface area contributed by atoms with Crippen LogP contribution >= 0.6 is 27.5 Å². The minimum absolute atomic E-state index is 0.0381. The molecule has 5 heteroatoms. The predicted molar refractivity (Wildman–Crippen MR) is 55.4 cm³/mol. The van der Waals surface area contributed by atoms with E-state index in [1.165, 1.54) is 12.1 Å². The molecule has 0 heterocycles. The number of carboxylic acids is 1. The van der Waals surface area contributed by atoms with Gasteiger partial charge in [-0.25, -0.2) is 4.39 Å². The summed E-state index contributed by atoms with van der Waals surface area (Å²) in [4.78, 5) is 10.4. The Balaban J connectivity index is 3.18. The van der Waals surface area contributed by atoms with Gasteiger partial charge in [-0.1, -0.05) is 33.6 Å². The normalized spacial score (nSPS) is 10.2. The summed E-state index contributed by atoms with van der Waals surface area (Å²) in [5.74, 6) is -1.64. The molecule has 0 aromatic heterocycles. The van der Waals surface area contributed by atoms with Crippen LogP contribution in [0, 0.1) is 5.82 Å². The van der Waals surface area contributed by atoms with Gasteiger partial charge >= 0.3 is 5.97 Å². The van der Waals surface area contributed by atoms with Crippen LogP contribution in [0.3, 0.4) is 0 Å². The molecule has 14 heavy (non-hydrogen) atoms. The average molecular weight is 282 g/mol. The molecule has 0 aliphatic heterocycles. The molecule has 1 rings (SSSR count). The Hall–Kier alpha value is -0.610. The number of rotatable bonds is 3. The zero-order chi connectivity index (χ0) is 10.7. The van der Waals surface area contributed by atoms with Gasteiger partial charge in [0.1, 0.15) is 5.82 Å². The van der Waals surface area contributed by atoms with Crippen LogP contribution in [-0.2, 0) is 16.5 Å². The zero-order valence-electron chi connectivity index (χ0n) is 7.06. The van der Waals surface area contributed by atoms with Gasteiger partial charge in [-0.2, -0.15) is 0 Å². The zero-order valence-corrected chi connectivity index (χ0v) is 9.40. The van der Waals surface area contributed by atoms with Gasteiger partial charge in [0.05, 0.1) is 6.42 Å². The largest absolute Gasteiger partial charge is 0.481 e. The first-order chi connectivity index (χ1) is 6.56. The lowest BCUT2D eigenvalue weighted by atomic mass is 10.1. The number of alkyl halides is 1. The Bertz CT molecular complexity index is 368. The minimum Gasteiger partial charge on any atom is -0.481 e. The molecule has 0 saturated heterocycles. The van der Waals surface area contributed by atoms with Crippen LogP contribution in [0.5, 0.6) is 0 Å². The standard InChI is InChI=1S/C9H7BrClFO2/c10-4-5-1-2-7(11)6(9(5)12)3-8(13)14/h1-2H,3-4H2,(H,13,14). The van der Waals surface area contributed by atoms with E-state index in [-0.39, 0.29) is 10.6 Å². The molecule has 0 amide bonds. The van der Waals surface area contributed by atoms with E-state index in [1.807, 2.05) is 0 Å². The summed E-state index contributed by atoms with van der Waals surface area (Å²) in [6, 6.07) is 3.03. The van der Waals surface area contributed by atoms with Crippen molar-refractivity contribution in [3.63, 3.8) is 0 Å². The quantitative estimate of drug-likeness (QED) is 0.865. The first-order valence-electron chi connectivity index (χ1n) is 3.79. The fourth-order valence-corrected chi connectivity index (χ4v) is 1.71. The third kappa shape index (κ3) is 2.45. The number of hydrogen-bond acceptors (Lipinski definition) is 1. The Labute approximate surface area is 93.8 Å². The highest BCUT2D eigenvalue weighted by Gasteiger charge is 2.14. The number of halogens is 3. The fourth-order valence-electron chi connectivity index (χ4n) is 1.06. The van der Waals surface area contributed by atoms with Crippen LogP contribution in [0.1, 0.15) is 11.1 Å². The van der Waals surface area contributed by atoms with E-state index < -0.39 is 18.2 Å². The molecule has 0 fully saturated rings. The molecule has 0 saturated carbocycles. The van der Waals surface area contributed by atoms with Crippen LogP contribution < -0.4 is 0 Å². The molecule has 0 spiro atoms. The van der Waals surface area contributed by atoms with Crippen LogP contribution in [-0.4, -0.2) is 11.1 Å². The van der Waals surface area contributed by atoms with Gasteiger partial charge in [0.25, 0.3) is 0 Å². The molecule has 0 aliphatic carbocycles. The second kappa shape index (κ2) is 4.75. The van der Waals surface area contributed by atoms with Crippen molar-refractivity contribution in [1.29, 1.82) is 0 Å². The first kappa shape index (κ1) is 11.5. The van der Waals surface area contributed by atoms with Gasteiger partial charge in [0.15, 0.2) is 0 Å². The van der Waals surface area contributed by atoms with E-state index >= 15 is 0 Å². The molecule has 0 unspecified atom stereocenters. The summed E-state index contributed by atoms with van der Waals surface area (Å²) < 4.78 is 13.5. The number of benzene rings is 1. The number of carbonyl (C=O) groups is 1. The van der Waals surface area contributed by atoms with Gasteiger partial charge < -0.3 is 5.11 Å². The lowest BCUT2D eigenvalue weighted by Crippen LogP contribution is -2.05. The maximum atomic E-state index is 13.5. The van der Waals surface area contributed by atoms with Crippen molar-refractivity contribution in [1.82, 2.24) is 0 Å². The maximum absolute atomic E-state index is 13.5. The summed E-state index contributed by atoms with van der Waals surface area (Å²) in [6.07, 6.45) is -0.397. The topological polar surface area (TPSA) is 37.3 Å². The molecule has 1 aromatic carbocycles. The third-order valence-electron chi connectivity index (χ3n) is 1.74. The lowest BCUT2D eigenvalue weighted by molar-refractivity contribution is -0.136. The van der Waals surface area contributed by atoms with E-state index in [9.17, 15) is 9.18 Å². The van der Waals surface area contributed by atoms with E-state index in [0.29, 0.717) is 10.9 Å². The molecule has 2 nitrogen and oxygen atoms in total. The first-order valence-corrected chi connectivity index (χ1v) is 5.29. The Kier molecular flexibility index (Phi) is 3.89. The van der Waals surface area contributed by atoms with Crippen molar-refractivity contribution in [3.8, 4) is 0 Å². The Morgan fingerprint density at radius 3 is 2.71 bits per heavy atom. The summed E-state index contributed by atoms with van der Waals surface area (Å²) in [5.41, 5.74) is 0.446. The van der Waals surface area contributed by atoms with Crippen molar-refractivity contribution in [2.75, 3.05) is 0 Å². The maximum Gasteiger partial charge on any atom is 0.307 e. The highest BCUT2D eigenvalue weighted by Crippen LogP contribution is 2.24. The molecule has 0 aliphatic rings. The van der Waals surface area contributed by atoms with Crippen LogP contribution in [0.15, 0.2) is 12.1 Å².